The van der Waals surface area contributed by atoms with Crippen molar-refractivity contribution in [2.45, 2.75) is 13.0 Å². The normalized spacial score (nSPS) is 10.3. The standard InChI is InChI=1S/C13H15N3O4/c1-19-11-4-3-9(5-12(11)20-2)7-16-8-10(14-15-16)6-13(17)18/h3-5,8H,6-7H2,1-2H3,(H,17,18). The molecule has 0 unspecified atom stereocenters. The van der Waals surface area contributed by atoms with E-state index in [9.17, 15) is 4.79 Å². The van der Waals surface area contributed by atoms with Gasteiger partial charge >= 0.3 is 5.97 Å². The Balaban J connectivity index is 2.13. The molecule has 20 heavy (non-hydrogen) atoms. The lowest BCUT2D eigenvalue weighted by Gasteiger charge is -2.09. The minimum absolute atomic E-state index is 0.133. The van der Waals surface area contributed by atoms with Gasteiger partial charge < -0.3 is 14.6 Å². The van der Waals surface area contributed by atoms with E-state index in [1.54, 1.807) is 25.1 Å². The van der Waals surface area contributed by atoms with Gasteiger partial charge in [0.15, 0.2) is 11.5 Å². The van der Waals surface area contributed by atoms with Crippen LogP contribution in [0.3, 0.4) is 0 Å². The van der Waals surface area contributed by atoms with Crippen LogP contribution in [-0.4, -0.2) is 40.3 Å². The van der Waals surface area contributed by atoms with Crippen LogP contribution < -0.4 is 9.47 Å². The second-order valence-corrected chi connectivity index (χ2v) is 4.17. The first-order chi connectivity index (χ1) is 9.62. The van der Waals surface area contributed by atoms with E-state index >= 15 is 0 Å². The van der Waals surface area contributed by atoms with Crippen LogP contribution in [0.25, 0.3) is 0 Å². The number of carbonyl (C=O) groups is 1. The van der Waals surface area contributed by atoms with Gasteiger partial charge in [-0.15, -0.1) is 5.10 Å². The number of aliphatic carboxylic acids is 1. The maximum Gasteiger partial charge on any atom is 0.309 e. The number of carboxylic acid groups (broad SMARTS) is 1. The van der Waals surface area contributed by atoms with Gasteiger partial charge in [0.05, 0.1) is 32.9 Å². The molecule has 0 saturated heterocycles. The molecule has 0 aliphatic rings. The van der Waals surface area contributed by atoms with Crippen molar-refractivity contribution in [2.24, 2.45) is 0 Å². The van der Waals surface area contributed by atoms with Crippen LogP contribution >= 0.6 is 0 Å². The minimum atomic E-state index is -0.928. The third-order valence-electron chi connectivity index (χ3n) is 2.71. The van der Waals surface area contributed by atoms with E-state index in [0.717, 1.165) is 5.56 Å². The molecule has 0 bridgehead atoms. The van der Waals surface area contributed by atoms with Gasteiger partial charge in [-0.25, -0.2) is 4.68 Å². The second kappa shape index (κ2) is 6.05. The number of carboxylic acids is 1. The van der Waals surface area contributed by atoms with E-state index in [4.69, 9.17) is 14.6 Å². The Kier molecular flexibility index (Phi) is 4.19. The Bertz CT molecular complexity index is 609. The fourth-order valence-corrected chi connectivity index (χ4v) is 1.82. The van der Waals surface area contributed by atoms with Gasteiger partial charge in [-0.05, 0) is 17.7 Å². The lowest BCUT2D eigenvalue weighted by Crippen LogP contribution is -2.02. The van der Waals surface area contributed by atoms with E-state index < -0.39 is 5.97 Å². The Labute approximate surface area is 115 Å². The predicted octanol–water partition coefficient (Wildman–Crippen LogP) is 0.971. The van der Waals surface area contributed by atoms with Crippen LogP contribution in [0.5, 0.6) is 11.5 Å². The fourth-order valence-electron chi connectivity index (χ4n) is 1.82. The summed E-state index contributed by atoms with van der Waals surface area (Å²) in [6, 6.07) is 5.54. The quantitative estimate of drug-likeness (QED) is 0.846. The Morgan fingerprint density at radius 1 is 1.30 bits per heavy atom. The molecule has 7 nitrogen and oxygen atoms in total. The highest BCUT2D eigenvalue weighted by Gasteiger charge is 2.08. The molecule has 0 spiro atoms. The molecule has 0 radical (unpaired) electrons. The van der Waals surface area contributed by atoms with Crippen molar-refractivity contribution in [1.29, 1.82) is 0 Å². The summed E-state index contributed by atoms with van der Waals surface area (Å²) < 4.78 is 12.0. The first-order valence-electron chi connectivity index (χ1n) is 5.94. The molecule has 1 aromatic carbocycles. The van der Waals surface area contributed by atoms with Crippen LogP contribution in [0.1, 0.15) is 11.3 Å². The first-order valence-corrected chi connectivity index (χ1v) is 5.94. The third-order valence-corrected chi connectivity index (χ3v) is 2.71. The zero-order valence-corrected chi connectivity index (χ0v) is 11.2. The smallest absolute Gasteiger partial charge is 0.309 e. The monoisotopic (exact) mass is 277 g/mol. The maximum absolute atomic E-state index is 10.6. The van der Waals surface area contributed by atoms with E-state index in [0.29, 0.717) is 23.7 Å². The van der Waals surface area contributed by atoms with Gasteiger partial charge in [-0.1, -0.05) is 11.3 Å². The van der Waals surface area contributed by atoms with Crippen molar-refractivity contribution >= 4 is 5.97 Å². The van der Waals surface area contributed by atoms with Crippen molar-refractivity contribution in [1.82, 2.24) is 15.0 Å². The van der Waals surface area contributed by atoms with E-state index in [2.05, 4.69) is 10.3 Å². The Hall–Kier alpha value is -2.57. The molecule has 1 heterocycles. The van der Waals surface area contributed by atoms with Gasteiger partial charge in [-0.3, -0.25) is 4.79 Å². The van der Waals surface area contributed by atoms with Gasteiger partial charge in [0, 0.05) is 6.20 Å². The molecule has 2 aromatic rings. The highest BCUT2D eigenvalue weighted by Crippen LogP contribution is 2.27. The van der Waals surface area contributed by atoms with Gasteiger partial charge in [0.25, 0.3) is 0 Å². The number of rotatable bonds is 6. The van der Waals surface area contributed by atoms with Crippen molar-refractivity contribution < 1.29 is 19.4 Å². The molecular formula is C13H15N3O4. The average Bonchev–Trinajstić information content (AvgIpc) is 2.85. The summed E-state index contributed by atoms with van der Waals surface area (Å²) in [5, 5.41) is 16.4. The number of aromatic nitrogens is 3. The van der Waals surface area contributed by atoms with Gasteiger partial charge in [0.1, 0.15) is 0 Å². The summed E-state index contributed by atoms with van der Waals surface area (Å²) in [5.74, 6) is 0.362. The summed E-state index contributed by atoms with van der Waals surface area (Å²) in [6.07, 6.45) is 1.48. The number of benzene rings is 1. The van der Waals surface area contributed by atoms with Gasteiger partial charge in [0.2, 0.25) is 0 Å². The van der Waals surface area contributed by atoms with Crippen molar-refractivity contribution in [3.8, 4) is 11.5 Å². The topological polar surface area (TPSA) is 86.5 Å². The molecule has 0 saturated carbocycles. The lowest BCUT2D eigenvalue weighted by molar-refractivity contribution is -0.136. The molecule has 0 fully saturated rings. The fraction of sp³-hybridized carbons (Fsp3) is 0.308. The summed E-state index contributed by atoms with van der Waals surface area (Å²) in [6.45, 7) is 0.479. The number of ether oxygens (including phenoxy) is 2. The highest BCUT2D eigenvalue weighted by atomic mass is 16.5. The summed E-state index contributed by atoms with van der Waals surface area (Å²) >= 11 is 0. The molecule has 0 atom stereocenters. The van der Waals surface area contributed by atoms with Crippen LogP contribution in [0, 0.1) is 0 Å². The molecule has 2 rings (SSSR count). The van der Waals surface area contributed by atoms with Crippen molar-refractivity contribution in [2.75, 3.05) is 14.2 Å². The molecular weight excluding hydrogens is 262 g/mol. The van der Waals surface area contributed by atoms with Crippen molar-refractivity contribution in [3.63, 3.8) is 0 Å². The molecule has 106 valence electrons. The molecule has 1 aromatic heterocycles. The molecule has 7 heteroatoms. The summed E-state index contributed by atoms with van der Waals surface area (Å²) in [4.78, 5) is 10.6. The molecule has 0 amide bonds. The highest BCUT2D eigenvalue weighted by molar-refractivity contribution is 5.69. The number of nitrogens with zero attached hydrogens (tertiary/aromatic N) is 3. The van der Waals surface area contributed by atoms with Crippen LogP contribution in [0.15, 0.2) is 24.4 Å². The first kappa shape index (κ1) is 13.9. The van der Waals surface area contributed by atoms with E-state index in [1.807, 2.05) is 18.2 Å². The van der Waals surface area contributed by atoms with Crippen molar-refractivity contribution in [3.05, 3.63) is 35.7 Å². The molecule has 1 N–H and O–H groups in total. The Morgan fingerprint density at radius 3 is 2.70 bits per heavy atom. The second-order valence-electron chi connectivity index (χ2n) is 4.17. The zero-order valence-electron chi connectivity index (χ0n) is 11.2. The van der Waals surface area contributed by atoms with E-state index in [-0.39, 0.29) is 6.42 Å². The number of hydrogen-bond donors (Lipinski definition) is 1. The third kappa shape index (κ3) is 3.25. The average molecular weight is 277 g/mol. The summed E-state index contributed by atoms with van der Waals surface area (Å²) in [7, 11) is 3.15. The number of methoxy groups -OCH3 is 2. The largest absolute Gasteiger partial charge is 0.493 e. The lowest BCUT2D eigenvalue weighted by atomic mass is 10.2. The molecule has 0 aliphatic carbocycles. The predicted molar refractivity (Wildman–Crippen MR) is 70.0 cm³/mol. The SMILES string of the molecule is COc1ccc(Cn2cc(CC(=O)O)nn2)cc1OC. The summed E-state index contributed by atoms with van der Waals surface area (Å²) in [5.41, 5.74) is 1.38. The van der Waals surface area contributed by atoms with Gasteiger partial charge in [-0.2, -0.15) is 0 Å². The van der Waals surface area contributed by atoms with E-state index in [1.165, 1.54) is 0 Å². The van der Waals surface area contributed by atoms with Crippen LogP contribution in [0.4, 0.5) is 0 Å². The van der Waals surface area contributed by atoms with Crippen LogP contribution in [0.2, 0.25) is 0 Å². The minimum Gasteiger partial charge on any atom is -0.493 e. The van der Waals surface area contributed by atoms with Crippen LogP contribution in [-0.2, 0) is 17.8 Å². The zero-order chi connectivity index (χ0) is 14.5. The molecule has 0 aliphatic heterocycles. The number of hydrogen-bond acceptors (Lipinski definition) is 5. The maximum atomic E-state index is 10.6. The Morgan fingerprint density at radius 2 is 2.05 bits per heavy atom.